The number of carboxylic acids is 2. The van der Waals surface area contributed by atoms with Gasteiger partial charge in [-0.2, -0.15) is 52.7 Å². The van der Waals surface area contributed by atoms with Crippen LogP contribution in [-0.4, -0.2) is 135 Å². The number of aryl methyl sites for hydroxylation is 4. The lowest BCUT2D eigenvalue weighted by Crippen LogP contribution is -2.54. The summed E-state index contributed by atoms with van der Waals surface area (Å²) in [5.74, 6) is -1.54. The molecular weight excluding hydrogens is 1070 g/mol. The van der Waals surface area contributed by atoms with E-state index in [9.17, 15) is 77.3 Å². The molecule has 440 valence electrons. The molecule has 0 saturated carbocycles. The molecule has 77 heavy (non-hydrogen) atoms. The van der Waals surface area contributed by atoms with Crippen LogP contribution in [-0.2, 0) is 40.3 Å². The number of aliphatic hydroxyl groups excluding tert-OH is 1. The number of rotatable bonds is 15. The van der Waals surface area contributed by atoms with E-state index in [1.165, 1.54) is 48.9 Å². The summed E-state index contributed by atoms with van der Waals surface area (Å²) < 4.78 is 147. The molecule has 0 aliphatic carbocycles. The normalized spacial score (nSPS) is 18.4. The summed E-state index contributed by atoms with van der Waals surface area (Å²) in [6.45, 7) is 17.1. The molecule has 2 spiro atoms. The molecule has 11 nitrogen and oxygen atoms in total. The van der Waals surface area contributed by atoms with Gasteiger partial charge < -0.3 is 30.3 Å². The second kappa shape index (κ2) is 26.9. The second-order valence-electron chi connectivity index (χ2n) is 22.2. The van der Waals surface area contributed by atoms with Crippen molar-refractivity contribution < 1.29 is 87.1 Å². The number of carbonyl (C=O) groups excluding carboxylic acids is 1. The molecule has 1 amide bonds. The van der Waals surface area contributed by atoms with Crippen molar-refractivity contribution in [2.45, 2.75) is 193 Å². The Balaban J connectivity index is 0.000000354. The number of likely N-dealkylation sites (tertiary alicyclic amines) is 3. The Kier molecular flexibility index (Phi) is 23.5. The zero-order valence-electron chi connectivity index (χ0n) is 44.4. The van der Waals surface area contributed by atoms with Crippen molar-refractivity contribution in [3.8, 4) is 0 Å². The summed E-state index contributed by atoms with van der Waals surface area (Å²) in [6, 6.07) is 13.0. The van der Waals surface area contributed by atoms with Crippen LogP contribution in [0.1, 0.15) is 138 Å². The van der Waals surface area contributed by atoms with E-state index in [4.69, 9.17) is 5.11 Å². The number of benzene rings is 2. The maximum Gasteiger partial charge on any atom is 0.434 e. The fourth-order valence-electron chi connectivity index (χ4n) is 10.6. The molecule has 2 aromatic carbocycles. The molecule has 24 heteroatoms. The summed E-state index contributed by atoms with van der Waals surface area (Å²) in [5, 5.41) is 29.7. The Morgan fingerprint density at radius 3 is 1.30 bits per heavy atom. The molecule has 4 heterocycles. The number of hydrogen-bond acceptors (Lipinski definition) is 8. The number of alkyl halides is 12. The average Bonchev–Trinajstić information content (AvgIpc) is 3.87. The molecule has 0 radical (unpaired) electrons. The second-order valence-corrected chi connectivity index (χ2v) is 22.2. The summed E-state index contributed by atoms with van der Waals surface area (Å²) in [4.78, 5) is 41.0. The van der Waals surface area contributed by atoms with Crippen LogP contribution in [0.4, 0.5) is 57.5 Å². The minimum Gasteiger partial charge on any atom is -0.481 e. The minimum absolute atomic E-state index is 0. The van der Waals surface area contributed by atoms with Gasteiger partial charge in [0.25, 0.3) is 6.10 Å². The van der Waals surface area contributed by atoms with Crippen LogP contribution < -0.4 is 5.32 Å². The molecule has 4 fully saturated rings. The predicted molar refractivity (Wildman–Crippen MR) is 266 cm³/mol. The number of halogens is 13. The van der Waals surface area contributed by atoms with E-state index in [-0.39, 0.29) is 31.0 Å². The molecule has 0 unspecified atom stereocenters. The Morgan fingerprint density at radius 2 is 0.961 bits per heavy atom. The van der Waals surface area contributed by atoms with Gasteiger partial charge in [-0.3, -0.25) is 19.4 Å². The fourth-order valence-corrected chi connectivity index (χ4v) is 10.6. The molecular formula is C53H75ClF12N4O7. The molecule has 4 aliphatic rings. The highest BCUT2D eigenvalue weighted by Gasteiger charge is 2.60. The van der Waals surface area contributed by atoms with Crippen molar-refractivity contribution >= 4 is 30.4 Å². The largest absolute Gasteiger partial charge is 0.481 e. The number of hydrogen-bond donors (Lipinski definition) is 4. The fraction of sp³-hybridized carbons (Fsp3) is 0.717. The number of carboxylic acid groups (broad SMARTS) is 2. The lowest BCUT2D eigenvalue weighted by atomic mass is 9.84. The van der Waals surface area contributed by atoms with Gasteiger partial charge in [0.1, 0.15) is 0 Å². The van der Waals surface area contributed by atoms with Crippen molar-refractivity contribution in [2.24, 2.45) is 10.8 Å². The van der Waals surface area contributed by atoms with Crippen LogP contribution in [0.2, 0.25) is 0 Å². The van der Waals surface area contributed by atoms with Gasteiger partial charge >= 0.3 is 42.7 Å². The maximum absolute atomic E-state index is 12.8. The summed E-state index contributed by atoms with van der Waals surface area (Å²) >= 11 is 0. The minimum atomic E-state index is -5.75. The third-order valence-corrected chi connectivity index (χ3v) is 15.5. The first-order chi connectivity index (χ1) is 34.9. The van der Waals surface area contributed by atoms with Crippen LogP contribution >= 0.6 is 12.4 Å². The number of carbonyl (C=O) groups is 3. The first-order valence-electron chi connectivity index (χ1n) is 25.7. The number of aliphatic carboxylic acids is 2. The third kappa shape index (κ3) is 19.0. The van der Waals surface area contributed by atoms with Crippen LogP contribution in [0.15, 0.2) is 36.4 Å². The lowest BCUT2D eigenvalue weighted by Gasteiger charge is -2.45. The van der Waals surface area contributed by atoms with Crippen molar-refractivity contribution in [1.29, 1.82) is 0 Å². The predicted octanol–water partition coefficient (Wildman–Crippen LogP) is 12.5. The number of aliphatic hydroxyl groups is 1. The number of nitrogens with zero attached hydrogens (tertiary/aromatic N) is 3. The lowest BCUT2D eigenvalue weighted by molar-refractivity contribution is -0.309. The monoisotopic (exact) mass is 1140 g/mol. The van der Waals surface area contributed by atoms with E-state index in [1.807, 2.05) is 26.8 Å². The highest BCUT2D eigenvalue weighted by atomic mass is 35.5. The van der Waals surface area contributed by atoms with E-state index < -0.39 is 65.8 Å². The van der Waals surface area contributed by atoms with Gasteiger partial charge in [-0.05, 0) is 180 Å². The molecule has 2 aromatic rings. The van der Waals surface area contributed by atoms with Crippen LogP contribution in [0.25, 0.3) is 0 Å². The molecule has 0 atom stereocenters. The topological polar surface area (TPSA) is 143 Å². The molecule has 4 aliphatic heterocycles. The van der Waals surface area contributed by atoms with Crippen LogP contribution in [0, 0.1) is 24.7 Å². The van der Waals surface area contributed by atoms with Crippen LogP contribution in [0.5, 0.6) is 0 Å². The zero-order chi connectivity index (χ0) is 57.3. The Bertz CT molecular complexity index is 2220. The van der Waals surface area contributed by atoms with E-state index in [2.05, 4.69) is 57.1 Å². The van der Waals surface area contributed by atoms with Gasteiger partial charge in [0, 0.05) is 37.3 Å². The summed E-state index contributed by atoms with van der Waals surface area (Å²) in [7, 11) is 0. The summed E-state index contributed by atoms with van der Waals surface area (Å²) in [6.07, 6.45) is -20.5. The molecule has 4 saturated heterocycles. The van der Waals surface area contributed by atoms with Gasteiger partial charge in [-0.25, -0.2) is 4.79 Å². The first kappa shape index (κ1) is 67.2. The molecule has 4 N–H and O–H groups in total. The van der Waals surface area contributed by atoms with Gasteiger partial charge in [-0.15, -0.1) is 12.4 Å². The SMILES string of the molecule is Cc1ccc(CN2CCCC23CCN(C(=O)OC(C(F)(F)F)C(F)(F)F)CC3)c(CCCC(C)(C)C(=O)O)c1.Cc1ccc(CN2CCCC23CCNCC3)c(CCCC(C)(C)C(=O)O)c1.Cl.OC(C(F)(F)F)C(F)(F)F. The first-order valence-corrected chi connectivity index (χ1v) is 25.7. The number of nitrogens with one attached hydrogen (secondary N) is 1. The Hall–Kier alpha value is -4.06. The van der Waals surface area contributed by atoms with Crippen molar-refractivity contribution in [1.82, 2.24) is 20.0 Å². The average molecular weight is 1140 g/mol. The quantitative estimate of drug-likeness (QED) is 0.127. The van der Waals surface area contributed by atoms with Gasteiger partial charge in [0.2, 0.25) is 6.10 Å². The van der Waals surface area contributed by atoms with Gasteiger partial charge in [-0.1, -0.05) is 47.5 Å². The Labute approximate surface area is 448 Å². The molecule has 0 aromatic heterocycles. The highest BCUT2D eigenvalue weighted by molar-refractivity contribution is 5.85. The van der Waals surface area contributed by atoms with Crippen molar-refractivity contribution in [2.75, 3.05) is 39.3 Å². The van der Waals surface area contributed by atoms with E-state index in [0.29, 0.717) is 44.2 Å². The van der Waals surface area contributed by atoms with Crippen molar-refractivity contribution in [3.05, 3.63) is 69.8 Å². The zero-order valence-corrected chi connectivity index (χ0v) is 45.3. The van der Waals surface area contributed by atoms with E-state index >= 15 is 0 Å². The standard InChI is InChI=1S/C27H36F6N2O4.C23H36N2O2.C3H2F6O.ClH/c1-18-7-8-20(19(16-18)6-4-9-24(2,3)22(36)37)17-35-13-5-10-25(35)11-14-34(15-12-25)23(38)39-21(26(28,29)30)27(31,32)33;1-18-7-8-20(19(16-18)6-4-9-22(2,3)21(26)27)17-25-15-5-10-23(25)11-13-24-14-12-23;4-2(5,6)1(10)3(7,8)9;/h7-8,16,21H,4-6,9-15,17H2,1-3H3,(H,36,37);7-8,16,24H,4-6,9-15,17H2,1-3H3,(H,26,27);1,10H;1H. The number of piperidine rings is 2. The van der Waals surface area contributed by atoms with Gasteiger partial charge in [0.15, 0.2) is 0 Å². The molecule has 0 bridgehead atoms. The van der Waals surface area contributed by atoms with E-state index in [0.717, 1.165) is 79.9 Å². The maximum atomic E-state index is 12.8. The van der Waals surface area contributed by atoms with Gasteiger partial charge in [0.05, 0.1) is 10.8 Å². The molecule has 6 rings (SSSR count). The Morgan fingerprint density at radius 1 is 0.584 bits per heavy atom. The smallest absolute Gasteiger partial charge is 0.434 e. The third-order valence-electron chi connectivity index (χ3n) is 15.5. The van der Waals surface area contributed by atoms with E-state index in [1.54, 1.807) is 13.8 Å². The number of ether oxygens (including phenoxy) is 1. The van der Waals surface area contributed by atoms with Crippen LogP contribution in [0.3, 0.4) is 0 Å². The van der Waals surface area contributed by atoms with Crippen molar-refractivity contribution in [3.63, 3.8) is 0 Å². The highest BCUT2D eigenvalue weighted by Crippen LogP contribution is 2.42. The summed E-state index contributed by atoms with van der Waals surface area (Å²) in [5.41, 5.74) is 6.10. The number of amides is 1.